The summed E-state index contributed by atoms with van der Waals surface area (Å²) < 4.78 is 13.0. The molecule has 1 aliphatic rings. The summed E-state index contributed by atoms with van der Waals surface area (Å²) in [5.41, 5.74) is -0.812. The van der Waals surface area contributed by atoms with Gasteiger partial charge in [-0.05, 0) is 0 Å². The third kappa shape index (κ3) is 1.83. The maximum atomic E-state index is 13.0. The van der Waals surface area contributed by atoms with E-state index in [1.54, 1.807) is 30.3 Å². The lowest BCUT2D eigenvalue weighted by atomic mass is 10.1. The van der Waals surface area contributed by atoms with Gasteiger partial charge in [0.1, 0.15) is 18.1 Å². The second-order valence-electron chi connectivity index (χ2n) is 4.67. The topological polar surface area (TPSA) is 98.0 Å². The molecule has 2 unspecified atom stereocenters. The van der Waals surface area contributed by atoms with Crippen molar-refractivity contribution in [1.29, 1.82) is 0 Å². The minimum Gasteiger partial charge on any atom is -0.390 e. The van der Waals surface area contributed by atoms with E-state index in [4.69, 9.17) is 0 Å². The molecule has 4 N–H and O–H groups in total. The fourth-order valence-electron chi connectivity index (χ4n) is 2.41. The van der Waals surface area contributed by atoms with Crippen LogP contribution >= 0.6 is 7.14 Å². The highest BCUT2D eigenvalue weighted by Gasteiger charge is 2.54. The Kier molecular flexibility index (Phi) is 3.63. The molecule has 0 bridgehead atoms. The Morgan fingerprint density at radius 3 is 2.06 bits per heavy atom. The Bertz CT molecular complexity index is 443. The van der Waals surface area contributed by atoms with Crippen LogP contribution in [0.2, 0.25) is 0 Å². The lowest BCUT2D eigenvalue weighted by Gasteiger charge is -2.43. The Labute approximate surface area is 105 Å². The molecule has 1 heterocycles. The number of hydrogen-bond acceptors (Lipinski definition) is 5. The van der Waals surface area contributed by atoms with Crippen LogP contribution in [-0.4, -0.2) is 50.2 Å². The first-order valence-electron chi connectivity index (χ1n) is 5.78. The van der Waals surface area contributed by atoms with E-state index in [9.17, 15) is 25.0 Å². The summed E-state index contributed by atoms with van der Waals surface area (Å²) in [6.45, 7) is 1.51. The minimum atomic E-state index is -3.40. The number of hydrogen-bond donors (Lipinski definition) is 4. The van der Waals surface area contributed by atoms with E-state index >= 15 is 0 Å². The molecule has 0 saturated carbocycles. The first kappa shape index (κ1) is 13.7. The van der Waals surface area contributed by atoms with E-state index < -0.39 is 37.0 Å². The van der Waals surface area contributed by atoms with Crippen molar-refractivity contribution in [2.75, 3.05) is 0 Å². The second-order valence-corrected chi connectivity index (χ2v) is 7.95. The molecule has 1 saturated heterocycles. The van der Waals surface area contributed by atoms with Gasteiger partial charge in [-0.2, -0.15) is 0 Å². The van der Waals surface area contributed by atoms with Crippen LogP contribution in [0, 0.1) is 0 Å². The first-order chi connectivity index (χ1) is 8.40. The van der Waals surface area contributed by atoms with Crippen molar-refractivity contribution >= 4 is 12.4 Å². The van der Waals surface area contributed by atoms with Gasteiger partial charge in [0.25, 0.3) is 0 Å². The fourth-order valence-corrected chi connectivity index (χ4v) is 5.56. The molecule has 1 fully saturated rings. The lowest BCUT2D eigenvalue weighted by Crippen LogP contribution is -2.56. The van der Waals surface area contributed by atoms with E-state index in [1.165, 1.54) is 6.92 Å². The van der Waals surface area contributed by atoms with Gasteiger partial charge in [0.2, 0.25) is 0 Å². The molecular weight excluding hydrogens is 255 g/mol. The molecule has 100 valence electrons. The zero-order chi connectivity index (χ0) is 13.5. The van der Waals surface area contributed by atoms with E-state index in [0.717, 1.165) is 0 Å². The maximum Gasteiger partial charge on any atom is 0.150 e. The highest BCUT2D eigenvalue weighted by molar-refractivity contribution is 7.72. The third-order valence-corrected chi connectivity index (χ3v) is 7.37. The van der Waals surface area contributed by atoms with E-state index in [2.05, 4.69) is 0 Å². The fraction of sp³-hybridized carbons (Fsp3) is 0.500. The molecule has 6 heteroatoms. The molecule has 6 atom stereocenters. The van der Waals surface area contributed by atoms with Gasteiger partial charge in [-0.25, -0.2) is 0 Å². The van der Waals surface area contributed by atoms with E-state index in [-0.39, 0.29) is 0 Å². The van der Waals surface area contributed by atoms with Gasteiger partial charge in [0.05, 0.1) is 6.10 Å². The van der Waals surface area contributed by atoms with Crippen LogP contribution in [0.4, 0.5) is 0 Å². The van der Waals surface area contributed by atoms with Gasteiger partial charge in [0, 0.05) is 11.0 Å². The molecule has 1 aromatic rings. The van der Waals surface area contributed by atoms with Gasteiger partial charge in [0.15, 0.2) is 7.14 Å². The van der Waals surface area contributed by atoms with Crippen molar-refractivity contribution in [2.45, 2.75) is 36.7 Å². The first-order valence-corrected chi connectivity index (χ1v) is 7.62. The van der Waals surface area contributed by atoms with Gasteiger partial charge in [-0.3, -0.25) is 0 Å². The van der Waals surface area contributed by atoms with Gasteiger partial charge >= 0.3 is 0 Å². The molecule has 18 heavy (non-hydrogen) atoms. The second kappa shape index (κ2) is 4.76. The summed E-state index contributed by atoms with van der Waals surface area (Å²) in [6.07, 6.45) is -4.42. The molecular formula is C12H17O5P. The summed E-state index contributed by atoms with van der Waals surface area (Å²) in [7, 11) is -3.40. The van der Waals surface area contributed by atoms with Crippen LogP contribution < -0.4 is 5.30 Å². The van der Waals surface area contributed by atoms with Crippen molar-refractivity contribution in [3.8, 4) is 0 Å². The minimum absolute atomic E-state index is 0.398. The molecule has 0 radical (unpaired) electrons. The van der Waals surface area contributed by atoms with Crippen LogP contribution in [0.3, 0.4) is 0 Å². The largest absolute Gasteiger partial charge is 0.390 e. The Hall–Kier alpha value is -0.710. The Morgan fingerprint density at radius 1 is 0.944 bits per heavy atom. The maximum absolute atomic E-state index is 13.0. The summed E-state index contributed by atoms with van der Waals surface area (Å²) in [6, 6.07) is 8.30. The molecule has 0 aliphatic carbocycles. The number of aliphatic hydroxyl groups excluding tert-OH is 4. The van der Waals surface area contributed by atoms with Crippen molar-refractivity contribution in [2.24, 2.45) is 0 Å². The van der Waals surface area contributed by atoms with Crippen molar-refractivity contribution in [3.63, 3.8) is 0 Å². The average molecular weight is 272 g/mol. The third-order valence-electron chi connectivity index (χ3n) is 3.66. The standard InChI is InChI=1S/C12H17O5P/c1-7-9(13)10(14)11(15)12(16)18(7,17)8-5-3-2-4-6-8/h2-7,9-16H,1H3/t7-,9+,10+,11-,12?,18?/m0/s1. The monoisotopic (exact) mass is 272 g/mol. The zero-order valence-corrected chi connectivity index (χ0v) is 10.8. The molecule has 0 spiro atoms. The Balaban J connectivity index is 2.51. The van der Waals surface area contributed by atoms with Gasteiger partial charge < -0.3 is 25.0 Å². The smallest absolute Gasteiger partial charge is 0.150 e. The molecule has 0 aromatic heterocycles. The van der Waals surface area contributed by atoms with Crippen LogP contribution in [0.15, 0.2) is 30.3 Å². The summed E-state index contributed by atoms with van der Waals surface area (Å²) in [5, 5.41) is 39.5. The lowest BCUT2D eigenvalue weighted by molar-refractivity contribution is -0.0961. The van der Waals surface area contributed by atoms with Gasteiger partial charge in [-0.15, -0.1) is 0 Å². The number of aliphatic hydroxyl groups is 4. The predicted octanol–water partition coefficient (Wildman–Crippen LogP) is -0.522. The number of benzene rings is 1. The zero-order valence-electron chi connectivity index (χ0n) is 9.92. The molecule has 5 nitrogen and oxygen atoms in total. The SMILES string of the molecule is C[C@H]1[C@@H](O)[C@@H](O)[C@H](O)C(O)P1(=O)c1ccccc1. The van der Waals surface area contributed by atoms with Crippen LogP contribution in [0.25, 0.3) is 0 Å². The van der Waals surface area contributed by atoms with Crippen LogP contribution in [0.5, 0.6) is 0 Å². The molecule has 1 aromatic carbocycles. The Morgan fingerprint density at radius 2 is 1.50 bits per heavy atom. The normalized spacial score (nSPS) is 44.8. The quantitative estimate of drug-likeness (QED) is 0.516. The summed E-state index contributed by atoms with van der Waals surface area (Å²) >= 11 is 0. The summed E-state index contributed by atoms with van der Waals surface area (Å²) in [4.78, 5) is 0. The van der Waals surface area contributed by atoms with Crippen LogP contribution in [-0.2, 0) is 4.57 Å². The van der Waals surface area contributed by atoms with E-state index in [0.29, 0.717) is 5.30 Å². The molecule has 2 rings (SSSR count). The average Bonchev–Trinajstić information content (AvgIpc) is 2.42. The molecule has 0 amide bonds. The summed E-state index contributed by atoms with van der Waals surface area (Å²) in [5.74, 6) is -1.56. The van der Waals surface area contributed by atoms with Gasteiger partial charge in [-0.1, -0.05) is 37.3 Å². The highest BCUT2D eigenvalue weighted by Crippen LogP contribution is 2.58. The van der Waals surface area contributed by atoms with Crippen molar-refractivity contribution in [1.82, 2.24) is 0 Å². The van der Waals surface area contributed by atoms with Crippen molar-refractivity contribution in [3.05, 3.63) is 30.3 Å². The molecule has 1 aliphatic heterocycles. The van der Waals surface area contributed by atoms with Crippen LogP contribution in [0.1, 0.15) is 6.92 Å². The van der Waals surface area contributed by atoms with Crippen molar-refractivity contribution < 1.29 is 25.0 Å². The predicted molar refractivity (Wildman–Crippen MR) is 67.2 cm³/mol. The highest BCUT2D eigenvalue weighted by atomic mass is 31.2. The number of rotatable bonds is 1. The van der Waals surface area contributed by atoms with E-state index in [1.807, 2.05) is 0 Å².